The van der Waals surface area contributed by atoms with Crippen LogP contribution in [0.1, 0.15) is 23.7 Å². The van der Waals surface area contributed by atoms with Gasteiger partial charge in [-0.25, -0.2) is 4.79 Å². The Kier molecular flexibility index (Phi) is 4.72. The maximum atomic E-state index is 12.8. The van der Waals surface area contributed by atoms with Crippen LogP contribution in [0.25, 0.3) is 0 Å². The Bertz CT molecular complexity index is 864. The maximum Gasteiger partial charge on any atom is 0.345 e. The number of fused-ring (bicyclic) bond motifs is 2. The average Bonchev–Trinajstić information content (AvgIpc) is 2.68. The number of esters is 2. The van der Waals surface area contributed by atoms with Crippen LogP contribution in [0.15, 0.2) is 42.5 Å². The van der Waals surface area contributed by atoms with E-state index in [-0.39, 0.29) is 23.6 Å². The lowest BCUT2D eigenvalue weighted by Crippen LogP contribution is -2.29. The van der Waals surface area contributed by atoms with E-state index in [4.69, 9.17) is 21.1 Å². The number of hydrogen-bond donors (Lipinski definition) is 0. The number of nitrogens with zero attached hydrogens (tertiary/aromatic N) is 1. The van der Waals surface area contributed by atoms with Gasteiger partial charge < -0.3 is 9.47 Å². The summed E-state index contributed by atoms with van der Waals surface area (Å²) in [4.78, 5) is 38.2. The van der Waals surface area contributed by atoms with Gasteiger partial charge in [-0.05, 0) is 37.3 Å². The Balaban J connectivity index is 2.13. The van der Waals surface area contributed by atoms with Gasteiger partial charge in [-0.1, -0.05) is 23.7 Å². The molecule has 1 heterocycles. The molecule has 6 nitrogen and oxygen atoms in total. The zero-order chi connectivity index (χ0) is 18.0. The van der Waals surface area contributed by atoms with Crippen LogP contribution in [0.3, 0.4) is 0 Å². The molecule has 25 heavy (non-hydrogen) atoms. The van der Waals surface area contributed by atoms with E-state index in [2.05, 4.69) is 0 Å². The quantitative estimate of drug-likeness (QED) is 0.476. The maximum absolute atomic E-state index is 12.8. The highest BCUT2D eigenvalue weighted by molar-refractivity contribution is 6.31. The minimum Gasteiger partial charge on any atom is -0.466 e. The molecule has 2 aromatic rings. The Morgan fingerprint density at radius 2 is 1.92 bits per heavy atom. The molecule has 7 heteroatoms. The second kappa shape index (κ2) is 6.94. The number of carbonyl (C=O) groups excluding carboxylic acids is 3. The fourth-order valence-electron chi connectivity index (χ4n) is 2.56. The van der Waals surface area contributed by atoms with E-state index in [9.17, 15) is 14.4 Å². The molecule has 1 aliphatic heterocycles. The number of amides is 1. The van der Waals surface area contributed by atoms with E-state index in [0.29, 0.717) is 10.7 Å². The molecule has 128 valence electrons. The molecule has 0 saturated heterocycles. The van der Waals surface area contributed by atoms with Crippen LogP contribution in [-0.4, -0.2) is 24.5 Å². The Morgan fingerprint density at radius 1 is 1.16 bits per heavy atom. The summed E-state index contributed by atoms with van der Waals surface area (Å²) in [5.74, 6) is -1.58. The van der Waals surface area contributed by atoms with Crippen molar-refractivity contribution in [2.75, 3.05) is 11.5 Å². The van der Waals surface area contributed by atoms with Crippen molar-refractivity contribution in [2.45, 2.75) is 13.3 Å². The molecule has 0 atom stereocenters. The fraction of sp³-hybridized carbons (Fsp3) is 0.167. The van der Waals surface area contributed by atoms with Crippen molar-refractivity contribution in [3.05, 3.63) is 53.1 Å². The lowest BCUT2D eigenvalue weighted by molar-refractivity contribution is -0.145. The molecule has 1 aliphatic rings. The predicted molar refractivity (Wildman–Crippen MR) is 91.2 cm³/mol. The molecule has 0 N–H and O–H groups in total. The van der Waals surface area contributed by atoms with E-state index in [1.54, 1.807) is 31.2 Å². The fourth-order valence-corrected chi connectivity index (χ4v) is 2.72. The molecule has 0 fully saturated rings. The topological polar surface area (TPSA) is 72.9 Å². The van der Waals surface area contributed by atoms with Gasteiger partial charge in [-0.3, -0.25) is 14.5 Å². The SMILES string of the molecule is CCOC(=O)CC(=O)N1c2ccccc2OC(=O)c2ccc(Cl)cc21. The molecule has 0 bridgehead atoms. The van der Waals surface area contributed by atoms with Crippen molar-refractivity contribution in [3.8, 4) is 5.75 Å². The molecule has 0 saturated carbocycles. The van der Waals surface area contributed by atoms with E-state index >= 15 is 0 Å². The van der Waals surface area contributed by atoms with Crippen LogP contribution in [0.2, 0.25) is 5.02 Å². The van der Waals surface area contributed by atoms with Crippen molar-refractivity contribution < 1.29 is 23.9 Å². The lowest BCUT2D eigenvalue weighted by Gasteiger charge is -2.23. The summed E-state index contributed by atoms with van der Waals surface area (Å²) < 4.78 is 10.2. The minimum atomic E-state index is -0.648. The Morgan fingerprint density at radius 3 is 2.68 bits per heavy atom. The molecular weight excluding hydrogens is 346 g/mol. The first-order valence-electron chi connectivity index (χ1n) is 7.60. The third-order valence-electron chi connectivity index (χ3n) is 3.58. The zero-order valence-corrected chi connectivity index (χ0v) is 14.1. The summed E-state index contributed by atoms with van der Waals surface area (Å²) in [6.45, 7) is 1.83. The monoisotopic (exact) mass is 359 g/mol. The van der Waals surface area contributed by atoms with Crippen LogP contribution < -0.4 is 9.64 Å². The highest BCUT2D eigenvalue weighted by Gasteiger charge is 2.32. The van der Waals surface area contributed by atoms with Gasteiger partial charge >= 0.3 is 11.9 Å². The highest BCUT2D eigenvalue weighted by atomic mass is 35.5. The first-order chi connectivity index (χ1) is 12.0. The normalized spacial score (nSPS) is 12.6. The van der Waals surface area contributed by atoms with E-state index in [1.165, 1.54) is 23.1 Å². The van der Waals surface area contributed by atoms with Crippen LogP contribution in [-0.2, 0) is 14.3 Å². The molecule has 1 amide bonds. The number of anilines is 2. The standard InChI is InChI=1S/C18H14ClNO5/c1-2-24-17(22)10-16(21)20-13-5-3-4-6-15(13)25-18(23)12-8-7-11(19)9-14(12)20/h3-9H,2,10H2,1H3. The number of para-hydroxylation sites is 2. The first-order valence-corrected chi connectivity index (χ1v) is 7.98. The van der Waals surface area contributed by atoms with Gasteiger partial charge in [0.15, 0.2) is 5.75 Å². The van der Waals surface area contributed by atoms with Gasteiger partial charge in [-0.2, -0.15) is 0 Å². The van der Waals surface area contributed by atoms with Crippen molar-refractivity contribution in [3.63, 3.8) is 0 Å². The average molecular weight is 360 g/mol. The number of rotatable bonds is 3. The second-order valence-electron chi connectivity index (χ2n) is 5.23. The van der Waals surface area contributed by atoms with Gasteiger partial charge in [0.2, 0.25) is 5.91 Å². The summed E-state index contributed by atoms with van der Waals surface area (Å²) in [5, 5.41) is 0.347. The first kappa shape index (κ1) is 17.0. The minimum absolute atomic E-state index is 0.173. The Labute approximate surface area is 148 Å². The smallest absolute Gasteiger partial charge is 0.345 e. The Hall–Kier alpha value is -2.86. The second-order valence-corrected chi connectivity index (χ2v) is 5.67. The number of ether oxygens (including phenoxy) is 2. The number of carbonyl (C=O) groups is 3. The van der Waals surface area contributed by atoms with Crippen molar-refractivity contribution >= 4 is 40.8 Å². The third-order valence-corrected chi connectivity index (χ3v) is 3.81. The van der Waals surface area contributed by atoms with Gasteiger partial charge in [0, 0.05) is 5.02 Å². The van der Waals surface area contributed by atoms with Crippen LogP contribution in [0.5, 0.6) is 5.75 Å². The predicted octanol–water partition coefficient (Wildman–Crippen LogP) is 3.49. The van der Waals surface area contributed by atoms with Gasteiger partial charge in [0.25, 0.3) is 0 Å². The van der Waals surface area contributed by atoms with Gasteiger partial charge in [0.1, 0.15) is 6.42 Å². The van der Waals surface area contributed by atoms with Crippen molar-refractivity contribution in [2.24, 2.45) is 0 Å². The molecule has 0 spiro atoms. The number of halogens is 1. The molecule has 2 aromatic carbocycles. The molecule has 3 rings (SSSR count). The summed E-state index contributed by atoms with van der Waals surface area (Å²) in [7, 11) is 0. The van der Waals surface area contributed by atoms with Crippen LogP contribution >= 0.6 is 11.6 Å². The summed E-state index contributed by atoms with van der Waals surface area (Å²) in [6, 6.07) is 11.1. The van der Waals surface area contributed by atoms with Crippen molar-refractivity contribution in [1.29, 1.82) is 0 Å². The summed E-state index contributed by atoms with van der Waals surface area (Å²) in [5.41, 5.74) is 0.792. The highest BCUT2D eigenvalue weighted by Crippen LogP contribution is 2.40. The third kappa shape index (κ3) is 3.34. The van der Waals surface area contributed by atoms with E-state index in [0.717, 1.165) is 0 Å². The molecule has 0 aromatic heterocycles. The van der Waals surface area contributed by atoms with Crippen molar-refractivity contribution in [1.82, 2.24) is 0 Å². The van der Waals surface area contributed by atoms with Crippen LogP contribution in [0.4, 0.5) is 11.4 Å². The number of hydrogen-bond acceptors (Lipinski definition) is 5. The summed E-state index contributed by atoms with van der Waals surface area (Å²) >= 11 is 6.05. The van der Waals surface area contributed by atoms with Gasteiger partial charge in [0.05, 0.1) is 23.5 Å². The molecule has 0 radical (unpaired) electrons. The zero-order valence-electron chi connectivity index (χ0n) is 13.3. The lowest BCUT2D eigenvalue weighted by atomic mass is 10.1. The molecule has 0 unspecified atom stereocenters. The van der Waals surface area contributed by atoms with Gasteiger partial charge in [-0.15, -0.1) is 0 Å². The largest absolute Gasteiger partial charge is 0.466 e. The molecular formula is C18H14ClNO5. The summed E-state index contributed by atoms with van der Waals surface area (Å²) in [6.07, 6.45) is -0.470. The molecule has 0 aliphatic carbocycles. The van der Waals surface area contributed by atoms with E-state index in [1.807, 2.05) is 0 Å². The number of benzene rings is 2. The van der Waals surface area contributed by atoms with E-state index < -0.39 is 24.3 Å². The van der Waals surface area contributed by atoms with Crippen LogP contribution in [0, 0.1) is 0 Å².